The summed E-state index contributed by atoms with van der Waals surface area (Å²) in [5, 5.41) is 3.98. The van der Waals surface area contributed by atoms with E-state index in [9.17, 15) is 0 Å². The zero-order valence-corrected chi connectivity index (χ0v) is 10.6. The molecule has 0 bridgehead atoms. The van der Waals surface area contributed by atoms with Crippen LogP contribution in [0.3, 0.4) is 0 Å². The van der Waals surface area contributed by atoms with Gasteiger partial charge in [-0.3, -0.25) is 0 Å². The van der Waals surface area contributed by atoms with Crippen molar-refractivity contribution in [2.24, 2.45) is 0 Å². The molecule has 5 heteroatoms. The van der Waals surface area contributed by atoms with Crippen LogP contribution in [0.5, 0.6) is 0 Å². The van der Waals surface area contributed by atoms with Crippen LogP contribution in [0, 0.1) is 6.92 Å². The Kier molecular flexibility index (Phi) is 3.10. The van der Waals surface area contributed by atoms with Gasteiger partial charge in [-0.1, -0.05) is 35.5 Å². The summed E-state index contributed by atoms with van der Waals surface area (Å²) < 4.78 is 5.22. The third kappa shape index (κ3) is 2.70. The fourth-order valence-electron chi connectivity index (χ4n) is 1.90. The Morgan fingerprint density at radius 2 is 2.00 bits per heavy atom. The van der Waals surface area contributed by atoms with Crippen LogP contribution in [-0.2, 0) is 12.8 Å². The van der Waals surface area contributed by atoms with Gasteiger partial charge in [-0.25, -0.2) is 4.98 Å². The summed E-state index contributed by atoms with van der Waals surface area (Å²) in [6.07, 6.45) is 3.37. The number of H-pyrrole nitrogens is 1. The van der Waals surface area contributed by atoms with E-state index in [2.05, 4.69) is 32.2 Å². The predicted octanol–water partition coefficient (Wildman–Crippen LogP) is 2.55. The topological polar surface area (TPSA) is 67.6 Å². The molecule has 0 saturated carbocycles. The van der Waals surface area contributed by atoms with Crippen molar-refractivity contribution in [3.05, 3.63) is 53.7 Å². The number of aromatic amines is 1. The minimum absolute atomic E-state index is 0.490. The van der Waals surface area contributed by atoms with Crippen molar-refractivity contribution in [3.8, 4) is 11.6 Å². The molecule has 3 rings (SSSR count). The molecule has 1 N–H and O–H groups in total. The van der Waals surface area contributed by atoms with E-state index in [1.54, 1.807) is 6.20 Å². The third-order valence-corrected chi connectivity index (χ3v) is 2.88. The first kappa shape index (κ1) is 11.6. The average molecular weight is 254 g/mol. The monoisotopic (exact) mass is 254 g/mol. The van der Waals surface area contributed by atoms with E-state index >= 15 is 0 Å². The zero-order valence-electron chi connectivity index (χ0n) is 10.6. The molecule has 0 saturated heterocycles. The fourth-order valence-corrected chi connectivity index (χ4v) is 1.90. The lowest BCUT2D eigenvalue weighted by molar-refractivity contribution is 0.421. The highest BCUT2D eigenvalue weighted by Gasteiger charge is 2.10. The van der Waals surface area contributed by atoms with Gasteiger partial charge in [-0.15, -0.1) is 0 Å². The first-order valence-corrected chi connectivity index (χ1v) is 6.20. The van der Waals surface area contributed by atoms with Crippen LogP contribution in [0.2, 0.25) is 0 Å². The molecule has 2 heterocycles. The fraction of sp³-hybridized carbons (Fsp3) is 0.214. The van der Waals surface area contributed by atoms with Crippen LogP contribution in [0.25, 0.3) is 11.6 Å². The van der Waals surface area contributed by atoms with Crippen molar-refractivity contribution >= 4 is 0 Å². The number of aromatic nitrogens is 4. The summed E-state index contributed by atoms with van der Waals surface area (Å²) in [5.74, 6) is 2.04. The Hall–Kier alpha value is -2.43. The van der Waals surface area contributed by atoms with E-state index < -0.39 is 0 Å². The molecule has 0 aliphatic rings. The van der Waals surface area contributed by atoms with Crippen molar-refractivity contribution in [3.63, 3.8) is 0 Å². The van der Waals surface area contributed by atoms with E-state index in [1.807, 2.05) is 25.1 Å². The Morgan fingerprint density at radius 1 is 1.16 bits per heavy atom. The van der Waals surface area contributed by atoms with Gasteiger partial charge in [0.15, 0.2) is 5.82 Å². The van der Waals surface area contributed by atoms with Crippen LogP contribution in [-0.4, -0.2) is 20.1 Å². The number of nitrogens with one attached hydrogen (secondary N) is 1. The first-order valence-electron chi connectivity index (χ1n) is 6.20. The lowest BCUT2D eigenvalue weighted by Crippen LogP contribution is -1.93. The van der Waals surface area contributed by atoms with Crippen LogP contribution in [0.15, 0.2) is 41.1 Å². The number of imidazole rings is 1. The molecule has 3 aromatic rings. The Bertz CT molecular complexity index is 657. The van der Waals surface area contributed by atoms with Gasteiger partial charge in [0, 0.05) is 6.42 Å². The van der Waals surface area contributed by atoms with Crippen LogP contribution >= 0.6 is 0 Å². The molecule has 2 aromatic heterocycles. The van der Waals surface area contributed by atoms with Crippen molar-refractivity contribution < 1.29 is 4.52 Å². The normalized spacial score (nSPS) is 10.8. The number of nitrogens with zero attached hydrogens (tertiary/aromatic N) is 3. The molecule has 19 heavy (non-hydrogen) atoms. The minimum atomic E-state index is 0.490. The molecule has 0 unspecified atom stereocenters. The molecule has 0 radical (unpaired) electrons. The summed E-state index contributed by atoms with van der Waals surface area (Å²) >= 11 is 0. The number of benzene rings is 1. The third-order valence-electron chi connectivity index (χ3n) is 2.88. The molecule has 0 spiro atoms. The second kappa shape index (κ2) is 5.06. The average Bonchev–Trinajstić information content (AvgIpc) is 3.06. The zero-order chi connectivity index (χ0) is 13.1. The van der Waals surface area contributed by atoms with Gasteiger partial charge in [0.2, 0.25) is 0 Å². The predicted molar refractivity (Wildman–Crippen MR) is 70.5 cm³/mol. The molecule has 0 atom stereocenters. The van der Waals surface area contributed by atoms with Gasteiger partial charge in [-0.05, 0) is 18.9 Å². The van der Waals surface area contributed by atoms with E-state index in [-0.39, 0.29) is 0 Å². The molecular weight excluding hydrogens is 240 g/mol. The minimum Gasteiger partial charge on any atom is -0.338 e. The van der Waals surface area contributed by atoms with Gasteiger partial charge in [0.25, 0.3) is 5.89 Å². The highest BCUT2D eigenvalue weighted by Crippen LogP contribution is 2.15. The Labute approximate surface area is 110 Å². The smallest absolute Gasteiger partial charge is 0.275 e. The highest BCUT2D eigenvalue weighted by molar-refractivity contribution is 5.44. The summed E-state index contributed by atoms with van der Waals surface area (Å²) in [6.45, 7) is 1.89. The van der Waals surface area contributed by atoms with Gasteiger partial charge in [-0.2, -0.15) is 4.98 Å². The molecule has 5 nitrogen and oxygen atoms in total. The SMILES string of the molecule is Cc1ncc(-c2nc(CCc3ccccc3)no2)[nH]1. The van der Waals surface area contributed by atoms with Gasteiger partial charge >= 0.3 is 0 Å². The van der Waals surface area contributed by atoms with Crippen LogP contribution < -0.4 is 0 Å². The molecule has 0 aliphatic heterocycles. The van der Waals surface area contributed by atoms with Crippen molar-refractivity contribution in [1.82, 2.24) is 20.1 Å². The maximum Gasteiger partial charge on any atom is 0.275 e. The summed E-state index contributed by atoms with van der Waals surface area (Å²) in [4.78, 5) is 11.5. The largest absolute Gasteiger partial charge is 0.338 e. The van der Waals surface area contributed by atoms with E-state index in [0.29, 0.717) is 11.7 Å². The highest BCUT2D eigenvalue weighted by atomic mass is 16.5. The van der Waals surface area contributed by atoms with E-state index in [0.717, 1.165) is 24.4 Å². The van der Waals surface area contributed by atoms with Gasteiger partial charge in [0.1, 0.15) is 11.5 Å². The first-order chi connectivity index (χ1) is 9.31. The second-order valence-electron chi connectivity index (χ2n) is 4.38. The Balaban J connectivity index is 1.68. The van der Waals surface area contributed by atoms with Crippen LogP contribution in [0.4, 0.5) is 0 Å². The summed E-state index contributed by atoms with van der Waals surface area (Å²) in [7, 11) is 0. The van der Waals surface area contributed by atoms with Crippen LogP contribution in [0.1, 0.15) is 17.2 Å². The molecule has 0 aliphatic carbocycles. The quantitative estimate of drug-likeness (QED) is 0.777. The second-order valence-corrected chi connectivity index (χ2v) is 4.38. The maximum absolute atomic E-state index is 5.22. The van der Waals surface area contributed by atoms with Crippen molar-refractivity contribution in [2.45, 2.75) is 19.8 Å². The lowest BCUT2D eigenvalue weighted by atomic mass is 10.1. The van der Waals surface area contributed by atoms with Gasteiger partial charge in [0.05, 0.1) is 6.20 Å². The van der Waals surface area contributed by atoms with Gasteiger partial charge < -0.3 is 9.51 Å². The molecule has 96 valence electrons. The van der Waals surface area contributed by atoms with E-state index in [4.69, 9.17) is 4.52 Å². The van der Waals surface area contributed by atoms with Crippen molar-refractivity contribution in [2.75, 3.05) is 0 Å². The summed E-state index contributed by atoms with van der Waals surface area (Å²) in [6, 6.07) is 10.3. The molecule has 1 aromatic carbocycles. The number of rotatable bonds is 4. The number of hydrogen-bond acceptors (Lipinski definition) is 4. The maximum atomic E-state index is 5.22. The number of aryl methyl sites for hydroxylation is 3. The molecule has 0 amide bonds. The standard InChI is InChI=1S/C14H14N4O/c1-10-15-9-12(16-10)14-17-13(18-19-14)8-7-11-5-3-2-4-6-11/h2-6,9H,7-8H2,1H3,(H,15,16). The van der Waals surface area contributed by atoms with E-state index in [1.165, 1.54) is 5.56 Å². The van der Waals surface area contributed by atoms with Crippen molar-refractivity contribution in [1.29, 1.82) is 0 Å². The number of hydrogen-bond donors (Lipinski definition) is 1. The summed E-state index contributed by atoms with van der Waals surface area (Å²) in [5.41, 5.74) is 2.03. The lowest BCUT2D eigenvalue weighted by Gasteiger charge is -1.96. The molecular formula is C14H14N4O. The Morgan fingerprint density at radius 3 is 2.74 bits per heavy atom. The molecule has 0 fully saturated rings.